The van der Waals surface area contributed by atoms with Gasteiger partial charge in [-0.05, 0) is 27.8 Å². The zero-order valence-electron chi connectivity index (χ0n) is 7.00. The summed E-state index contributed by atoms with van der Waals surface area (Å²) in [5, 5.41) is 1.37. The van der Waals surface area contributed by atoms with Gasteiger partial charge in [-0.25, -0.2) is 0 Å². The van der Waals surface area contributed by atoms with Gasteiger partial charge in [0.1, 0.15) is 0 Å². The van der Waals surface area contributed by atoms with Crippen molar-refractivity contribution in [3.63, 3.8) is 0 Å². The highest BCUT2D eigenvalue weighted by Gasteiger charge is 2.26. The van der Waals surface area contributed by atoms with Crippen LogP contribution < -0.4 is 0 Å². The fourth-order valence-electron chi connectivity index (χ4n) is 1.07. The van der Waals surface area contributed by atoms with Crippen LogP contribution in [0.25, 0.3) is 0 Å². The highest BCUT2D eigenvalue weighted by molar-refractivity contribution is 8.18. The molecule has 0 aliphatic carbocycles. The van der Waals surface area contributed by atoms with E-state index in [9.17, 15) is 0 Å². The van der Waals surface area contributed by atoms with Crippen LogP contribution in [-0.2, 0) is 0 Å². The SMILES string of the molecule is CC1SC(C)N(C)C(C)S1. The Balaban J connectivity index is 2.49. The molecule has 1 nitrogen and oxygen atoms in total. The first-order valence-electron chi connectivity index (χ1n) is 3.64. The molecule has 0 bridgehead atoms. The summed E-state index contributed by atoms with van der Waals surface area (Å²) in [5.41, 5.74) is 0. The van der Waals surface area contributed by atoms with Crippen molar-refractivity contribution in [2.24, 2.45) is 0 Å². The van der Waals surface area contributed by atoms with Crippen LogP contribution in [0.2, 0.25) is 0 Å². The first-order chi connectivity index (χ1) is 4.61. The lowest BCUT2D eigenvalue weighted by Crippen LogP contribution is -2.38. The minimum absolute atomic E-state index is 0.686. The summed E-state index contributed by atoms with van der Waals surface area (Å²) in [6, 6.07) is 0. The first kappa shape index (κ1) is 8.75. The Hall–Kier alpha value is 0.660. The smallest absolute Gasteiger partial charge is 0.0546 e. The van der Waals surface area contributed by atoms with Gasteiger partial charge in [0, 0.05) is 0 Å². The second-order valence-corrected chi connectivity index (χ2v) is 6.33. The largest absolute Gasteiger partial charge is 0.283 e. The van der Waals surface area contributed by atoms with Crippen molar-refractivity contribution < 1.29 is 0 Å². The quantitative estimate of drug-likeness (QED) is 0.559. The lowest BCUT2D eigenvalue weighted by molar-refractivity contribution is 0.317. The summed E-state index contributed by atoms with van der Waals surface area (Å²) < 4.78 is 0.765. The first-order valence-corrected chi connectivity index (χ1v) is 5.52. The Labute approximate surface area is 71.9 Å². The van der Waals surface area contributed by atoms with Gasteiger partial charge in [-0.3, -0.25) is 4.90 Å². The molecular weight excluding hydrogens is 162 g/mol. The van der Waals surface area contributed by atoms with Gasteiger partial charge in [-0.2, -0.15) is 0 Å². The molecule has 60 valence electrons. The molecule has 1 fully saturated rings. The Bertz CT molecular complexity index is 106. The van der Waals surface area contributed by atoms with Gasteiger partial charge in [0.25, 0.3) is 0 Å². The van der Waals surface area contributed by atoms with E-state index in [0.717, 1.165) is 4.58 Å². The van der Waals surface area contributed by atoms with Crippen LogP contribution in [0.1, 0.15) is 20.8 Å². The molecule has 0 spiro atoms. The summed E-state index contributed by atoms with van der Waals surface area (Å²) in [6.45, 7) is 6.84. The van der Waals surface area contributed by atoms with E-state index < -0.39 is 0 Å². The van der Waals surface area contributed by atoms with Gasteiger partial charge in [0.15, 0.2) is 0 Å². The van der Waals surface area contributed by atoms with Gasteiger partial charge in [-0.15, -0.1) is 23.5 Å². The van der Waals surface area contributed by atoms with E-state index in [1.54, 1.807) is 0 Å². The molecule has 2 unspecified atom stereocenters. The van der Waals surface area contributed by atoms with Crippen LogP contribution in [-0.4, -0.2) is 27.3 Å². The van der Waals surface area contributed by atoms with Crippen molar-refractivity contribution in [1.82, 2.24) is 4.90 Å². The average Bonchev–Trinajstić information content (AvgIpc) is 1.82. The van der Waals surface area contributed by atoms with Gasteiger partial charge < -0.3 is 0 Å². The van der Waals surface area contributed by atoms with E-state index in [1.807, 2.05) is 23.5 Å². The maximum Gasteiger partial charge on any atom is 0.0546 e. The zero-order valence-corrected chi connectivity index (χ0v) is 8.63. The molecule has 0 amide bonds. The maximum absolute atomic E-state index is 2.41. The molecule has 0 saturated carbocycles. The molecule has 1 aliphatic heterocycles. The Morgan fingerprint density at radius 2 is 1.40 bits per heavy atom. The van der Waals surface area contributed by atoms with E-state index in [4.69, 9.17) is 0 Å². The Morgan fingerprint density at radius 1 is 1.00 bits per heavy atom. The summed E-state index contributed by atoms with van der Waals surface area (Å²) in [5.74, 6) is 0. The standard InChI is InChI=1S/C7H15NS2/c1-5-8(4)6(2)10-7(3)9-5/h5-7H,1-4H3. The molecule has 0 aromatic heterocycles. The third kappa shape index (κ3) is 1.83. The highest BCUT2D eigenvalue weighted by Crippen LogP contribution is 2.38. The van der Waals surface area contributed by atoms with Crippen LogP contribution in [0.4, 0.5) is 0 Å². The minimum Gasteiger partial charge on any atom is -0.283 e. The van der Waals surface area contributed by atoms with Gasteiger partial charge in [0.2, 0.25) is 0 Å². The molecule has 1 saturated heterocycles. The Kier molecular flexibility index (Phi) is 2.95. The van der Waals surface area contributed by atoms with Crippen LogP contribution >= 0.6 is 23.5 Å². The van der Waals surface area contributed by atoms with Crippen molar-refractivity contribution in [2.45, 2.75) is 36.1 Å². The van der Waals surface area contributed by atoms with Crippen LogP contribution in [0, 0.1) is 0 Å². The Morgan fingerprint density at radius 3 is 1.80 bits per heavy atom. The maximum atomic E-state index is 2.41. The molecule has 0 aromatic carbocycles. The van der Waals surface area contributed by atoms with Gasteiger partial charge in [0.05, 0.1) is 15.3 Å². The van der Waals surface area contributed by atoms with E-state index in [1.165, 1.54) is 0 Å². The van der Waals surface area contributed by atoms with Crippen LogP contribution in [0.3, 0.4) is 0 Å². The third-order valence-electron chi connectivity index (χ3n) is 1.92. The second-order valence-electron chi connectivity index (χ2n) is 2.70. The molecule has 0 radical (unpaired) electrons. The fraction of sp³-hybridized carbons (Fsp3) is 1.00. The molecule has 10 heavy (non-hydrogen) atoms. The number of hydrogen-bond donors (Lipinski definition) is 0. The van der Waals surface area contributed by atoms with Crippen molar-refractivity contribution in [3.05, 3.63) is 0 Å². The van der Waals surface area contributed by atoms with E-state index in [2.05, 4.69) is 32.7 Å². The molecule has 2 atom stereocenters. The molecule has 1 aliphatic rings. The third-order valence-corrected chi connectivity index (χ3v) is 4.81. The normalized spacial score (nSPS) is 43.8. The topological polar surface area (TPSA) is 3.24 Å². The molecule has 0 aromatic rings. The van der Waals surface area contributed by atoms with Crippen LogP contribution in [0.5, 0.6) is 0 Å². The van der Waals surface area contributed by atoms with Crippen molar-refractivity contribution in [1.29, 1.82) is 0 Å². The summed E-state index contributed by atoms with van der Waals surface area (Å²) >= 11 is 4.08. The van der Waals surface area contributed by atoms with E-state index in [-0.39, 0.29) is 0 Å². The predicted molar refractivity (Wildman–Crippen MR) is 51.3 cm³/mol. The summed E-state index contributed by atoms with van der Waals surface area (Å²) in [4.78, 5) is 2.41. The van der Waals surface area contributed by atoms with E-state index >= 15 is 0 Å². The molecule has 0 N–H and O–H groups in total. The van der Waals surface area contributed by atoms with E-state index in [0.29, 0.717) is 10.7 Å². The highest BCUT2D eigenvalue weighted by atomic mass is 32.2. The second kappa shape index (κ2) is 3.37. The number of hydrogen-bond acceptors (Lipinski definition) is 3. The van der Waals surface area contributed by atoms with Gasteiger partial charge in [-0.1, -0.05) is 0 Å². The molecular formula is C7H15NS2. The lowest BCUT2D eigenvalue weighted by Gasteiger charge is -2.37. The number of rotatable bonds is 0. The summed E-state index contributed by atoms with van der Waals surface area (Å²) in [7, 11) is 2.20. The monoisotopic (exact) mass is 177 g/mol. The molecule has 3 heteroatoms. The number of thioether (sulfide) groups is 2. The van der Waals surface area contributed by atoms with Crippen molar-refractivity contribution >= 4 is 23.5 Å². The van der Waals surface area contributed by atoms with Gasteiger partial charge >= 0.3 is 0 Å². The van der Waals surface area contributed by atoms with Crippen molar-refractivity contribution in [3.8, 4) is 0 Å². The predicted octanol–water partition coefficient (Wildman–Crippen LogP) is 2.44. The van der Waals surface area contributed by atoms with Crippen LogP contribution in [0.15, 0.2) is 0 Å². The minimum atomic E-state index is 0.686. The zero-order chi connectivity index (χ0) is 7.72. The fourth-order valence-corrected chi connectivity index (χ4v) is 4.23. The lowest BCUT2D eigenvalue weighted by atomic mass is 10.6. The average molecular weight is 177 g/mol. The molecule has 1 rings (SSSR count). The summed E-state index contributed by atoms with van der Waals surface area (Å²) in [6.07, 6.45) is 0. The molecule has 1 heterocycles. The number of nitrogens with zero attached hydrogens (tertiary/aromatic N) is 1. The van der Waals surface area contributed by atoms with Crippen molar-refractivity contribution in [2.75, 3.05) is 7.05 Å².